The van der Waals surface area contributed by atoms with E-state index in [-0.39, 0.29) is 5.41 Å². The molecule has 0 rings (SSSR count). The molecule has 0 aromatic rings. The second-order valence-corrected chi connectivity index (χ2v) is 4.60. The molecule has 0 radical (unpaired) electrons. The first-order valence-electron chi connectivity index (χ1n) is 4.76. The van der Waals surface area contributed by atoms with Crippen molar-refractivity contribution in [2.45, 2.75) is 34.1 Å². The van der Waals surface area contributed by atoms with Gasteiger partial charge in [-0.2, -0.15) is 0 Å². The molecule has 0 unspecified atom stereocenters. The maximum Gasteiger partial charge on any atom is 0.0529 e. The van der Waals surface area contributed by atoms with Crippen molar-refractivity contribution >= 4 is 0 Å². The van der Waals surface area contributed by atoms with Gasteiger partial charge in [-0.15, -0.1) is 0 Å². The summed E-state index contributed by atoms with van der Waals surface area (Å²) >= 11 is 0. The summed E-state index contributed by atoms with van der Waals surface area (Å²) in [6.07, 6.45) is 1.14. The zero-order chi connectivity index (χ0) is 9.61. The van der Waals surface area contributed by atoms with Crippen molar-refractivity contribution in [3.8, 4) is 0 Å². The van der Waals surface area contributed by atoms with Crippen LogP contribution in [0, 0.1) is 11.3 Å². The third kappa shape index (κ3) is 6.62. The molecule has 0 aromatic heterocycles. The van der Waals surface area contributed by atoms with Crippen LogP contribution in [0.4, 0.5) is 0 Å². The summed E-state index contributed by atoms with van der Waals surface area (Å²) in [6, 6.07) is 0. The molecule has 2 heteroatoms. The zero-order valence-electron chi connectivity index (χ0n) is 8.89. The minimum atomic E-state index is 0.136. The monoisotopic (exact) mass is 173 g/mol. The molecule has 0 saturated heterocycles. The predicted molar refractivity (Wildman–Crippen MR) is 53.1 cm³/mol. The number of hydrogen-bond acceptors (Lipinski definition) is 2. The van der Waals surface area contributed by atoms with E-state index in [2.05, 4.69) is 27.7 Å². The SMILES string of the molecule is CC(C)CCOCC(C)(C)CN. The number of rotatable bonds is 6. The first-order valence-corrected chi connectivity index (χ1v) is 4.76. The van der Waals surface area contributed by atoms with Crippen LogP contribution in [0.25, 0.3) is 0 Å². The number of nitrogens with two attached hydrogens (primary N) is 1. The third-order valence-corrected chi connectivity index (χ3v) is 1.88. The van der Waals surface area contributed by atoms with Crippen molar-refractivity contribution in [3.63, 3.8) is 0 Å². The lowest BCUT2D eigenvalue weighted by Gasteiger charge is -2.22. The van der Waals surface area contributed by atoms with E-state index in [9.17, 15) is 0 Å². The molecule has 2 nitrogen and oxygen atoms in total. The van der Waals surface area contributed by atoms with Crippen molar-refractivity contribution in [1.82, 2.24) is 0 Å². The molecule has 0 heterocycles. The standard InChI is InChI=1S/C10H23NO/c1-9(2)5-6-12-8-10(3,4)7-11/h9H,5-8,11H2,1-4H3. The van der Waals surface area contributed by atoms with Crippen molar-refractivity contribution in [2.24, 2.45) is 17.1 Å². The van der Waals surface area contributed by atoms with Gasteiger partial charge in [0.1, 0.15) is 0 Å². The molecule has 0 bridgehead atoms. The molecule has 0 spiro atoms. The Morgan fingerprint density at radius 1 is 1.33 bits per heavy atom. The second kappa shape index (κ2) is 5.55. The Bertz CT molecular complexity index is 110. The van der Waals surface area contributed by atoms with Crippen LogP contribution in [0.2, 0.25) is 0 Å². The smallest absolute Gasteiger partial charge is 0.0529 e. The summed E-state index contributed by atoms with van der Waals surface area (Å²) in [7, 11) is 0. The molecule has 0 aliphatic heterocycles. The molecule has 0 aliphatic carbocycles. The molecule has 2 N–H and O–H groups in total. The summed E-state index contributed by atoms with van der Waals surface area (Å²) in [4.78, 5) is 0. The second-order valence-electron chi connectivity index (χ2n) is 4.60. The Labute approximate surface area is 76.5 Å². The molecule has 0 atom stereocenters. The van der Waals surface area contributed by atoms with Crippen LogP contribution in [0.5, 0.6) is 0 Å². The van der Waals surface area contributed by atoms with Crippen molar-refractivity contribution in [1.29, 1.82) is 0 Å². The van der Waals surface area contributed by atoms with Gasteiger partial charge >= 0.3 is 0 Å². The highest BCUT2D eigenvalue weighted by atomic mass is 16.5. The van der Waals surface area contributed by atoms with Crippen LogP contribution in [0.1, 0.15) is 34.1 Å². The molecular formula is C10H23NO. The van der Waals surface area contributed by atoms with Gasteiger partial charge in [-0.1, -0.05) is 27.7 Å². The van der Waals surface area contributed by atoms with E-state index < -0.39 is 0 Å². The highest BCUT2D eigenvalue weighted by Crippen LogP contribution is 2.13. The maximum absolute atomic E-state index is 5.57. The van der Waals surface area contributed by atoms with Crippen LogP contribution in [-0.2, 0) is 4.74 Å². The van der Waals surface area contributed by atoms with Crippen molar-refractivity contribution in [2.75, 3.05) is 19.8 Å². The Morgan fingerprint density at radius 3 is 2.33 bits per heavy atom. The van der Waals surface area contributed by atoms with Crippen LogP contribution >= 0.6 is 0 Å². The molecule has 0 fully saturated rings. The van der Waals surface area contributed by atoms with Gasteiger partial charge in [0.05, 0.1) is 6.61 Å². The van der Waals surface area contributed by atoms with Gasteiger partial charge < -0.3 is 10.5 Å². The predicted octanol–water partition coefficient (Wildman–Crippen LogP) is 2.03. The molecule has 0 saturated carbocycles. The third-order valence-electron chi connectivity index (χ3n) is 1.88. The van der Waals surface area contributed by atoms with Crippen LogP contribution in [0.15, 0.2) is 0 Å². The largest absolute Gasteiger partial charge is 0.381 e. The van der Waals surface area contributed by atoms with E-state index in [4.69, 9.17) is 10.5 Å². The summed E-state index contributed by atoms with van der Waals surface area (Å²) in [5.41, 5.74) is 5.70. The van der Waals surface area contributed by atoms with E-state index in [0.717, 1.165) is 25.6 Å². The lowest BCUT2D eigenvalue weighted by atomic mass is 9.95. The van der Waals surface area contributed by atoms with Gasteiger partial charge in [0.15, 0.2) is 0 Å². The lowest BCUT2D eigenvalue weighted by Crippen LogP contribution is -2.29. The number of ether oxygens (including phenoxy) is 1. The molecule has 0 aliphatic rings. The molecule has 74 valence electrons. The van der Waals surface area contributed by atoms with Crippen LogP contribution in [0.3, 0.4) is 0 Å². The zero-order valence-corrected chi connectivity index (χ0v) is 8.89. The van der Waals surface area contributed by atoms with Crippen LogP contribution < -0.4 is 5.73 Å². The highest BCUT2D eigenvalue weighted by molar-refractivity contribution is 4.67. The number of hydrogen-bond donors (Lipinski definition) is 1. The van der Waals surface area contributed by atoms with Gasteiger partial charge in [0.25, 0.3) is 0 Å². The van der Waals surface area contributed by atoms with E-state index >= 15 is 0 Å². The highest BCUT2D eigenvalue weighted by Gasteiger charge is 2.15. The minimum absolute atomic E-state index is 0.136. The Balaban J connectivity index is 3.31. The fraction of sp³-hybridized carbons (Fsp3) is 1.00. The molecule has 12 heavy (non-hydrogen) atoms. The first-order chi connectivity index (χ1) is 5.48. The summed E-state index contributed by atoms with van der Waals surface area (Å²) in [5, 5.41) is 0. The van der Waals surface area contributed by atoms with Gasteiger partial charge in [-0.25, -0.2) is 0 Å². The lowest BCUT2D eigenvalue weighted by molar-refractivity contribution is 0.0601. The maximum atomic E-state index is 5.57. The molecule has 0 amide bonds. The Hall–Kier alpha value is -0.0800. The van der Waals surface area contributed by atoms with Crippen LogP contribution in [-0.4, -0.2) is 19.8 Å². The first kappa shape index (κ1) is 11.9. The van der Waals surface area contributed by atoms with Crippen molar-refractivity contribution in [3.05, 3.63) is 0 Å². The average Bonchev–Trinajstić information content (AvgIpc) is 1.98. The van der Waals surface area contributed by atoms with E-state index in [1.54, 1.807) is 0 Å². The van der Waals surface area contributed by atoms with E-state index in [1.165, 1.54) is 0 Å². The quantitative estimate of drug-likeness (QED) is 0.624. The van der Waals surface area contributed by atoms with E-state index in [0.29, 0.717) is 6.54 Å². The van der Waals surface area contributed by atoms with Gasteiger partial charge in [0, 0.05) is 12.0 Å². The normalized spacial score (nSPS) is 12.5. The van der Waals surface area contributed by atoms with Crippen molar-refractivity contribution < 1.29 is 4.74 Å². The van der Waals surface area contributed by atoms with Gasteiger partial charge in [-0.05, 0) is 18.9 Å². The summed E-state index contributed by atoms with van der Waals surface area (Å²) in [6.45, 7) is 11.0. The Morgan fingerprint density at radius 2 is 1.92 bits per heavy atom. The summed E-state index contributed by atoms with van der Waals surface area (Å²) in [5.74, 6) is 0.728. The van der Waals surface area contributed by atoms with Gasteiger partial charge in [0.2, 0.25) is 0 Å². The minimum Gasteiger partial charge on any atom is -0.381 e. The van der Waals surface area contributed by atoms with E-state index in [1.807, 2.05) is 0 Å². The Kier molecular flexibility index (Phi) is 5.51. The average molecular weight is 173 g/mol. The fourth-order valence-corrected chi connectivity index (χ4v) is 0.726. The molecule has 0 aromatic carbocycles. The molecular weight excluding hydrogens is 150 g/mol. The fourth-order valence-electron chi connectivity index (χ4n) is 0.726. The van der Waals surface area contributed by atoms with Gasteiger partial charge in [-0.3, -0.25) is 0 Å². The summed E-state index contributed by atoms with van der Waals surface area (Å²) < 4.78 is 5.52. The topological polar surface area (TPSA) is 35.2 Å².